The topological polar surface area (TPSA) is 78.6 Å². The highest BCUT2D eigenvalue weighted by molar-refractivity contribution is 5.66. The molecule has 0 radical (unpaired) electrons. The van der Waals surface area contributed by atoms with Crippen LogP contribution >= 0.6 is 0 Å². The lowest BCUT2D eigenvalue weighted by molar-refractivity contribution is -0.137. The molecule has 5 nitrogen and oxygen atoms in total. The van der Waals surface area contributed by atoms with E-state index in [0.717, 1.165) is 37.1 Å². The van der Waals surface area contributed by atoms with E-state index in [1.807, 2.05) is 0 Å². The van der Waals surface area contributed by atoms with Gasteiger partial charge in [-0.05, 0) is 68.6 Å². The van der Waals surface area contributed by atoms with Crippen molar-refractivity contribution in [3.8, 4) is 0 Å². The van der Waals surface area contributed by atoms with E-state index in [0.29, 0.717) is 30.6 Å². The van der Waals surface area contributed by atoms with Gasteiger partial charge in [0.25, 0.3) is 0 Å². The van der Waals surface area contributed by atoms with Crippen LogP contribution in [-0.2, 0) is 4.79 Å². The Kier molecular flexibility index (Phi) is 7.52. The molecule has 0 bridgehead atoms. The first-order valence-electron chi connectivity index (χ1n) is 12.6. The Morgan fingerprint density at radius 1 is 0.966 bits per heavy atom. The monoisotopic (exact) mass is 405 g/mol. The van der Waals surface area contributed by atoms with E-state index in [1.165, 1.54) is 77.2 Å². The summed E-state index contributed by atoms with van der Waals surface area (Å²) in [6, 6.07) is 1.03. The quantitative estimate of drug-likeness (QED) is 0.597. The van der Waals surface area contributed by atoms with Gasteiger partial charge in [-0.25, -0.2) is 0 Å². The maximum atomic E-state index is 11.1. The van der Waals surface area contributed by atoms with E-state index in [2.05, 4.69) is 10.2 Å². The van der Waals surface area contributed by atoms with E-state index < -0.39 is 5.97 Å². The number of aliphatic carboxylic acids is 1. The highest BCUT2D eigenvalue weighted by atomic mass is 16.4. The first-order valence-corrected chi connectivity index (χ1v) is 12.6. The van der Waals surface area contributed by atoms with Crippen LogP contribution in [0.5, 0.6) is 0 Å². The summed E-state index contributed by atoms with van der Waals surface area (Å²) >= 11 is 0. The molecule has 2 saturated carbocycles. The number of hydrogen-bond acceptors (Lipinski definition) is 4. The minimum absolute atomic E-state index is 0.318. The average molecular weight is 406 g/mol. The van der Waals surface area contributed by atoms with Crippen molar-refractivity contribution in [3.05, 3.63) is 0 Å². The molecular formula is C24H43N3O2. The van der Waals surface area contributed by atoms with Gasteiger partial charge in [0.15, 0.2) is 0 Å². The maximum absolute atomic E-state index is 11.1. The largest absolute Gasteiger partial charge is 0.481 e. The van der Waals surface area contributed by atoms with Gasteiger partial charge in [0.05, 0.1) is 6.17 Å². The molecule has 2 aliphatic heterocycles. The number of carboxylic acids is 1. The SMILES string of the molecule is NC1CCC(N2CC(CCC3CCCCC3)C3CC(CCC(=O)O)CCC32)NC1. The van der Waals surface area contributed by atoms with Crippen LogP contribution in [0.15, 0.2) is 0 Å². The maximum Gasteiger partial charge on any atom is 0.303 e. The number of carboxylic acid groups (broad SMARTS) is 1. The molecule has 166 valence electrons. The molecule has 0 amide bonds. The van der Waals surface area contributed by atoms with Crippen molar-refractivity contribution in [3.63, 3.8) is 0 Å². The second-order valence-corrected chi connectivity index (χ2v) is 10.6. The standard InChI is InChI=1S/C24H43N3O2/c25-20-10-12-23(26-15-20)27-16-19(9-6-17-4-2-1-3-5-17)21-14-18(7-11-22(21)27)8-13-24(28)29/h17-23,26H,1-16,25H2,(H,28,29). The van der Waals surface area contributed by atoms with Crippen molar-refractivity contribution in [1.82, 2.24) is 10.2 Å². The number of likely N-dealkylation sites (tertiary alicyclic amines) is 1. The minimum atomic E-state index is -0.628. The number of fused-ring (bicyclic) bond motifs is 1. The molecule has 4 fully saturated rings. The lowest BCUT2D eigenvalue weighted by Gasteiger charge is -2.42. The van der Waals surface area contributed by atoms with Gasteiger partial charge in [0.1, 0.15) is 0 Å². The van der Waals surface area contributed by atoms with Crippen molar-refractivity contribution in [2.75, 3.05) is 13.1 Å². The highest BCUT2D eigenvalue weighted by Gasteiger charge is 2.47. The Bertz CT molecular complexity index is 528. The van der Waals surface area contributed by atoms with Crippen LogP contribution in [-0.4, -0.2) is 47.3 Å². The summed E-state index contributed by atoms with van der Waals surface area (Å²) in [6.07, 6.45) is 17.8. The zero-order chi connectivity index (χ0) is 20.2. The number of hydrogen-bond donors (Lipinski definition) is 3. The fraction of sp³-hybridized carbons (Fsp3) is 0.958. The van der Waals surface area contributed by atoms with Crippen LogP contribution in [0.4, 0.5) is 0 Å². The van der Waals surface area contributed by atoms with E-state index in [9.17, 15) is 4.79 Å². The van der Waals surface area contributed by atoms with Crippen LogP contribution in [0.25, 0.3) is 0 Å². The number of nitrogens with two attached hydrogens (primary N) is 1. The third kappa shape index (κ3) is 5.54. The predicted octanol–water partition coefficient (Wildman–Crippen LogP) is 3.97. The van der Waals surface area contributed by atoms with E-state index in [4.69, 9.17) is 10.8 Å². The molecule has 4 aliphatic rings. The van der Waals surface area contributed by atoms with Crippen LogP contribution in [0.3, 0.4) is 0 Å². The fourth-order valence-corrected chi connectivity index (χ4v) is 7.07. The zero-order valence-corrected chi connectivity index (χ0v) is 18.2. The van der Waals surface area contributed by atoms with Crippen LogP contribution < -0.4 is 11.1 Å². The summed E-state index contributed by atoms with van der Waals surface area (Å²) in [7, 11) is 0. The number of carbonyl (C=O) groups is 1. The second-order valence-electron chi connectivity index (χ2n) is 10.6. The summed E-state index contributed by atoms with van der Waals surface area (Å²) in [5.41, 5.74) is 6.13. The number of nitrogens with one attached hydrogen (secondary N) is 1. The lowest BCUT2D eigenvalue weighted by atomic mass is 9.71. The molecule has 5 heteroatoms. The minimum Gasteiger partial charge on any atom is -0.481 e. The number of nitrogens with zero attached hydrogens (tertiary/aromatic N) is 1. The normalized spacial score (nSPS) is 39.3. The smallest absolute Gasteiger partial charge is 0.303 e. The molecule has 0 aromatic carbocycles. The van der Waals surface area contributed by atoms with Crippen molar-refractivity contribution in [2.45, 2.75) is 108 Å². The predicted molar refractivity (Wildman–Crippen MR) is 116 cm³/mol. The molecular weight excluding hydrogens is 362 g/mol. The third-order valence-corrected chi connectivity index (χ3v) is 8.71. The van der Waals surface area contributed by atoms with Crippen LogP contribution in [0.2, 0.25) is 0 Å². The molecule has 4 N–H and O–H groups in total. The number of piperidine rings is 1. The molecule has 6 unspecified atom stereocenters. The first kappa shape index (κ1) is 21.6. The van der Waals surface area contributed by atoms with Gasteiger partial charge in [-0.1, -0.05) is 38.5 Å². The fourth-order valence-electron chi connectivity index (χ4n) is 7.07. The molecule has 2 saturated heterocycles. The second kappa shape index (κ2) is 10.1. The van der Waals surface area contributed by atoms with Crippen molar-refractivity contribution >= 4 is 5.97 Å². The van der Waals surface area contributed by atoms with E-state index >= 15 is 0 Å². The number of rotatable bonds is 7. The Morgan fingerprint density at radius 2 is 1.79 bits per heavy atom. The zero-order valence-electron chi connectivity index (χ0n) is 18.2. The summed E-state index contributed by atoms with van der Waals surface area (Å²) in [4.78, 5) is 13.9. The Labute approximate surface area is 177 Å². The van der Waals surface area contributed by atoms with Crippen molar-refractivity contribution in [2.24, 2.45) is 29.4 Å². The first-order chi connectivity index (χ1) is 14.1. The molecule has 6 atom stereocenters. The molecule has 29 heavy (non-hydrogen) atoms. The summed E-state index contributed by atoms with van der Waals surface area (Å²) in [5, 5.41) is 12.9. The van der Waals surface area contributed by atoms with Crippen molar-refractivity contribution < 1.29 is 9.90 Å². The molecule has 0 spiro atoms. The van der Waals surface area contributed by atoms with Gasteiger partial charge in [-0.3, -0.25) is 9.69 Å². The molecule has 2 heterocycles. The molecule has 0 aromatic heterocycles. The van der Waals surface area contributed by atoms with Gasteiger partial charge in [-0.2, -0.15) is 0 Å². The van der Waals surface area contributed by atoms with Gasteiger partial charge in [0.2, 0.25) is 0 Å². The Balaban J connectivity index is 1.38. The molecule has 2 aliphatic carbocycles. The summed E-state index contributed by atoms with van der Waals surface area (Å²) in [5.74, 6) is 2.55. The van der Waals surface area contributed by atoms with E-state index in [1.54, 1.807) is 0 Å². The van der Waals surface area contributed by atoms with Gasteiger partial charge >= 0.3 is 5.97 Å². The van der Waals surface area contributed by atoms with Crippen LogP contribution in [0, 0.1) is 23.7 Å². The Morgan fingerprint density at radius 3 is 2.52 bits per heavy atom. The van der Waals surface area contributed by atoms with Crippen LogP contribution in [0.1, 0.15) is 89.9 Å². The summed E-state index contributed by atoms with van der Waals surface area (Å²) < 4.78 is 0. The average Bonchev–Trinajstić information content (AvgIpc) is 3.10. The van der Waals surface area contributed by atoms with Gasteiger partial charge in [-0.15, -0.1) is 0 Å². The Hall–Kier alpha value is -0.650. The lowest BCUT2D eigenvalue weighted by Crippen LogP contribution is -2.55. The van der Waals surface area contributed by atoms with E-state index in [-0.39, 0.29) is 0 Å². The van der Waals surface area contributed by atoms with Gasteiger partial charge < -0.3 is 16.2 Å². The van der Waals surface area contributed by atoms with Crippen molar-refractivity contribution in [1.29, 1.82) is 0 Å². The summed E-state index contributed by atoms with van der Waals surface area (Å²) in [6.45, 7) is 2.20. The third-order valence-electron chi connectivity index (χ3n) is 8.71. The molecule has 0 aromatic rings. The molecule has 4 rings (SSSR count). The highest BCUT2D eigenvalue weighted by Crippen LogP contribution is 2.46. The van der Waals surface area contributed by atoms with Gasteiger partial charge in [0, 0.05) is 31.6 Å².